The van der Waals surface area contributed by atoms with Crippen LogP contribution in [0.1, 0.15) is 48.0 Å². The molecule has 0 saturated heterocycles. The van der Waals surface area contributed by atoms with Gasteiger partial charge in [-0.05, 0) is 48.7 Å². The van der Waals surface area contributed by atoms with Gasteiger partial charge in [-0.3, -0.25) is 9.59 Å². The summed E-state index contributed by atoms with van der Waals surface area (Å²) in [7, 11) is 0. The molecule has 1 saturated carbocycles. The molecule has 0 radical (unpaired) electrons. The Bertz CT molecular complexity index is 925. The molecular formula is C22H23ClN2O4. The van der Waals surface area contributed by atoms with Gasteiger partial charge in [-0.25, -0.2) is 0 Å². The highest BCUT2D eigenvalue weighted by molar-refractivity contribution is 6.31. The van der Waals surface area contributed by atoms with Crippen LogP contribution in [0.2, 0.25) is 5.02 Å². The molecule has 1 heterocycles. The van der Waals surface area contributed by atoms with E-state index in [4.69, 9.17) is 21.1 Å². The van der Waals surface area contributed by atoms with Crippen LogP contribution >= 0.6 is 11.6 Å². The minimum absolute atomic E-state index is 0.00368. The fraction of sp³-hybridized carbons (Fsp3) is 0.364. The molecule has 152 valence electrons. The van der Waals surface area contributed by atoms with Crippen molar-refractivity contribution in [1.82, 2.24) is 5.32 Å². The highest BCUT2D eigenvalue weighted by Gasteiger charge is 2.23. The zero-order chi connectivity index (χ0) is 20.2. The SMILES string of the molecule is O=C(NCc1ccc2c(c1)OCO2)c1cc(Cl)ccc1NC(=O)C1CCCCC1. The number of benzene rings is 2. The topological polar surface area (TPSA) is 76.7 Å². The number of nitrogens with one attached hydrogen (secondary N) is 2. The fourth-order valence-electron chi connectivity index (χ4n) is 3.74. The average molecular weight is 415 g/mol. The third-order valence-corrected chi connectivity index (χ3v) is 5.59. The number of ether oxygens (including phenoxy) is 2. The Balaban J connectivity index is 1.44. The van der Waals surface area contributed by atoms with Crippen LogP contribution in [-0.4, -0.2) is 18.6 Å². The number of amides is 2. The minimum atomic E-state index is -0.302. The van der Waals surface area contributed by atoms with Gasteiger partial charge in [0.25, 0.3) is 5.91 Å². The van der Waals surface area contributed by atoms with Crippen molar-refractivity contribution >= 4 is 29.1 Å². The van der Waals surface area contributed by atoms with Crippen molar-refractivity contribution < 1.29 is 19.1 Å². The molecule has 29 heavy (non-hydrogen) atoms. The first-order valence-corrected chi connectivity index (χ1v) is 10.2. The van der Waals surface area contributed by atoms with Crippen LogP contribution in [0.25, 0.3) is 0 Å². The predicted molar refractivity (Wildman–Crippen MR) is 110 cm³/mol. The summed E-state index contributed by atoms with van der Waals surface area (Å²) in [6, 6.07) is 10.5. The molecule has 1 aliphatic heterocycles. The van der Waals surface area contributed by atoms with Crippen molar-refractivity contribution in [3.05, 3.63) is 52.5 Å². The van der Waals surface area contributed by atoms with Crippen molar-refractivity contribution in [3.63, 3.8) is 0 Å². The highest BCUT2D eigenvalue weighted by atomic mass is 35.5. The summed E-state index contributed by atoms with van der Waals surface area (Å²) in [5, 5.41) is 6.25. The molecule has 0 unspecified atom stereocenters. The molecule has 7 heteroatoms. The van der Waals surface area contributed by atoms with E-state index in [-0.39, 0.29) is 24.5 Å². The lowest BCUT2D eigenvalue weighted by Gasteiger charge is -2.21. The standard InChI is InChI=1S/C22H23ClN2O4/c23-16-7-8-18(25-21(26)15-4-2-1-3-5-15)17(11-16)22(27)24-12-14-6-9-19-20(10-14)29-13-28-19/h6-11,15H,1-5,12-13H2,(H,24,27)(H,25,26). The number of halogens is 1. The van der Waals surface area contributed by atoms with E-state index in [9.17, 15) is 9.59 Å². The third kappa shape index (κ3) is 4.65. The summed E-state index contributed by atoms with van der Waals surface area (Å²) in [6.07, 6.45) is 5.11. The third-order valence-electron chi connectivity index (χ3n) is 5.35. The van der Waals surface area contributed by atoms with Gasteiger partial charge in [-0.1, -0.05) is 36.9 Å². The van der Waals surface area contributed by atoms with E-state index in [1.54, 1.807) is 18.2 Å². The lowest BCUT2D eigenvalue weighted by Crippen LogP contribution is -2.28. The summed E-state index contributed by atoms with van der Waals surface area (Å²) in [5.74, 6) is 1.03. The summed E-state index contributed by atoms with van der Waals surface area (Å²) >= 11 is 6.10. The molecular weight excluding hydrogens is 392 g/mol. The highest BCUT2D eigenvalue weighted by Crippen LogP contribution is 2.32. The largest absolute Gasteiger partial charge is 0.454 e. The number of anilines is 1. The van der Waals surface area contributed by atoms with Gasteiger partial charge in [0.1, 0.15) is 0 Å². The van der Waals surface area contributed by atoms with Crippen LogP contribution < -0.4 is 20.1 Å². The predicted octanol–water partition coefficient (Wildman–Crippen LogP) is 4.52. The normalized spacial score (nSPS) is 15.8. The molecule has 2 N–H and O–H groups in total. The lowest BCUT2D eigenvalue weighted by atomic mass is 9.88. The van der Waals surface area contributed by atoms with E-state index in [0.29, 0.717) is 34.3 Å². The molecule has 2 aromatic carbocycles. The Labute approximate surface area is 174 Å². The Kier molecular flexibility index (Phi) is 5.90. The first kappa shape index (κ1) is 19.6. The van der Waals surface area contributed by atoms with E-state index in [2.05, 4.69) is 10.6 Å². The van der Waals surface area contributed by atoms with Gasteiger partial charge in [0.2, 0.25) is 12.7 Å². The number of carbonyl (C=O) groups excluding carboxylic acids is 2. The van der Waals surface area contributed by atoms with E-state index < -0.39 is 0 Å². The summed E-state index contributed by atoms with van der Waals surface area (Å²) in [4.78, 5) is 25.4. The molecule has 0 atom stereocenters. The second-order valence-electron chi connectivity index (χ2n) is 7.38. The summed E-state index contributed by atoms with van der Waals surface area (Å²) < 4.78 is 10.7. The van der Waals surface area contributed by atoms with Crippen molar-refractivity contribution in [2.24, 2.45) is 5.92 Å². The van der Waals surface area contributed by atoms with Gasteiger partial charge < -0.3 is 20.1 Å². The molecule has 6 nitrogen and oxygen atoms in total. The molecule has 0 spiro atoms. The van der Waals surface area contributed by atoms with E-state index in [1.165, 1.54) is 6.42 Å². The Hall–Kier alpha value is -2.73. The first-order chi connectivity index (χ1) is 14.1. The fourth-order valence-corrected chi connectivity index (χ4v) is 3.91. The summed E-state index contributed by atoms with van der Waals surface area (Å²) in [6.45, 7) is 0.524. The van der Waals surface area contributed by atoms with Crippen LogP contribution in [0.4, 0.5) is 5.69 Å². The maximum Gasteiger partial charge on any atom is 0.253 e. The van der Waals surface area contributed by atoms with Crippen LogP contribution in [0, 0.1) is 5.92 Å². The van der Waals surface area contributed by atoms with Gasteiger partial charge in [0.15, 0.2) is 11.5 Å². The van der Waals surface area contributed by atoms with Gasteiger partial charge in [-0.2, -0.15) is 0 Å². The number of hydrogen-bond donors (Lipinski definition) is 2. The zero-order valence-electron chi connectivity index (χ0n) is 16.0. The molecule has 2 amide bonds. The zero-order valence-corrected chi connectivity index (χ0v) is 16.8. The summed E-state index contributed by atoms with van der Waals surface area (Å²) in [5.41, 5.74) is 1.72. The maximum atomic E-state index is 12.8. The molecule has 1 aliphatic carbocycles. The monoisotopic (exact) mass is 414 g/mol. The second-order valence-corrected chi connectivity index (χ2v) is 7.82. The number of rotatable bonds is 5. The number of fused-ring (bicyclic) bond motifs is 1. The van der Waals surface area contributed by atoms with E-state index in [1.807, 2.05) is 18.2 Å². The maximum absolute atomic E-state index is 12.8. The van der Waals surface area contributed by atoms with Crippen LogP contribution in [0.3, 0.4) is 0 Å². The van der Waals surface area contributed by atoms with Crippen molar-refractivity contribution in [2.45, 2.75) is 38.6 Å². The van der Waals surface area contributed by atoms with Crippen molar-refractivity contribution in [1.29, 1.82) is 0 Å². The average Bonchev–Trinajstić information content (AvgIpc) is 3.21. The molecule has 2 aliphatic rings. The smallest absolute Gasteiger partial charge is 0.253 e. The molecule has 2 aromatic rings. The van der Waals surface area contributed by atoms with Crippen LogP contribution in [0.5, 0.6) is 11.5 Å². The second kappa shape index (κ2) is 8.74. The number of carbonyl (C=O) groups is 2. The molecule has 1 fully saturated rings. The van der Waals surface area contributed by atoms with Gasteiger partial charge in [0.05, 0.1) is 11.3 Å². The quantitative estimate of drug-likeness (QED) is 0.754. The minimum Gasteiger partial charge on any atom is -0.454 e. The van der Waals surface area contributed by atoms with Crippen LogP contribution in [0.15, 0.2) is 36.4 Å². The molecule has 0 aromatic heterocycles. The van der Waals surface area contributed by atoms with E-state index >= 15 is 0 Å². The Morgan fingerprint density at radius 2 is 1.79 bits per heavy atom. The van der Waals surface area contributed by atoms with Crippen molar-refractivity contribution in [3.8, 4) is 11.5 Å². The number of hydrogen-bond acceptors (Lipinski definition) is 4. The Morgan fingerprint density at radius 3 is 2.62 bits per heavy atom. The van der Waals surface area contributed by atoms with Crippen molar-refractivity contribution in [2.75, 3.05) is 12.1 Å². The molecule has 0 bridgehead atoms. The lowest BCUT2D eigenvalue weighted by molar-refractivity contribution is -0.120. The Morgan fingerprint density at radius 1 is 1.00 bits per heavy atom. The van der Waals surface area contributed by atoms with E-state index in [0.717, 1.165) is 31.2 Å². The molecule has 4 rings (SSSR count). The van der Waals surface area contributed by atoms with Crippen LogP contribution in [-0.2, 0) is 11.3 Å². The van der Waals surface area contributed by atoms with Gasteiger partial charge in [-0.15, -0.1) is 0 Å². The first-order valence-electron chi connectivity index (χ1n) is 9.87. The van der Waals surface area contributed by atoms with Gasteiger partial charge in [0, 0.05) is 17.5 Å². The van der Waals surface area contributed by atoms with Gasteiger partial charge >= 0.3 is 0 Å².